The van der Waals surface area contributed by atoms with E-state index in [0.29, 0.717) is 5.92 Å². The van der Waals surface area contributed by atoms with Crippen molar-refractivity contribution in [2.45, 2.75) is 38.5 Å². The maximum atomic E-state index is 8.59. The van der Waals surface area contributed by atoms with Crippen LogP contribution in [-0.4, -0.2) is 0 Å². The summed E-state index contributed by atoms with van der Waals surface area (Å²) in [6, 6.07) is 3.84. The molecule has 1 fully saturated rings. The molecule has 1 saturated carbocycles. The van der Waals surface area contributed by atoms with Gasteiger partial charge in [0.05, 0.1) is 0 Å². The number of nitriles is 2. The van der Waals surface area contributed by atoms with Crippen LogP contribution in [0.2, 0.25) is 0 Å². The van der Waals surface area contributed by atoms with Gasteiger partial charge in [0.2, 0.25) is 0 Å². The van der Waals surface area contributed by atoms with Gasteiger partial charge in [0, 0.05) is 0 Å². The summed E-state index contributed by atoms with van der Waals surface area (Å²) in [5.74, 6) is 0.469. The van der Waals surface area contributed by atoms with Gasteiger partial charge in [-0.15, -0.1) is 0 Å². The summed E-state index contributed by atoms with van der Waals surface area (Å²) in [7, 11) is 0. The number of hydrogen-bond acceptors (Lipinski definition) is 2. The van der Waals surface area contributed by atoms with Crippen LogP contribution in [0, 0.1) is 28.6 Å². The van der Waals surface area contributed by atoms with E-state index in [1.807, 2.05) is 18.2 Å². The van der Waals surface area contributed by atoms with Gasteiger partial charge in [-0.25, -0.2) is 0 Å². The molecule has 1 rings (SSSR count). The van der Waals surface area contributed by atoms with Crippen LogP contribution in [-0.2, 0) is 0 Å². The van der Waals surface area contributed by atoms with Gasteiger partial charge in [0.15, 0.2) is 0 Å². The number of hydrogen-bond donors (Lipinski definition) is 0. The molecule has 1 aliphatic rings. The molecule has 1 aliphatic carbocycles. The molecule has 0 bridgehead atoms. The Bertz CT molecular complexity index is 241. The number of allylic oxidation sites excluding steroid dienone is 2. The standard InChI is InChI=1S/C11H14N2/c12-8-11(9-13)7-10-5-3-1-2-4-6-10/h7,10H,1-6H2. The highest BCUT2D eigenvalue weighted by atomic mass is 14.3. The topological polar surface area (TPSA) is 47.6 Å². The Hall–Kier alpha value is -1.28. The zero-order chi connectivity index (χ0) is 9.52. The third kappa shape index (κ3) is 3.30. The zero-order valence-electron chi connectivity index (χ0n) is 7.79. The van der Waals surface area contributed by atoms with Crippen LogP contribution >= 0.6 is 0 Å². The lowest BCUT2D eigenvalue weighted by Gasteiger charge is -2.06. The molecule has 0 N–H and O–H groups in total. The van der Waals surface area contributed by atoms with Gasteiger partial charge in [-0.05, 0) is 18.8 Å². The monoisotopic (exact) mass is 174 g/mol. The van der Waals surface area contributed by atoms with Crippen LogP contribution in [0.15, 0.2) is 11.6 Å². The molecular formula is C11H14N2. The predicted molar refractivity (Wildman–Crippen MR) is 50.5 cm³/mol. The lowest BCUT2D eigenvalue weighted by molar-refractivity contribution is 0.558. The highest BCUT2D eigenvalue weighted by molar-refractivity contribution is 5.35. The lowest BCUT2D eigenvalue weighted by atomic mass is 9.98. The Morgan fingerprint density at radius 2 is 1.54 bits per heavy atom. The van der Waals surface area contributed by atoms with Gasteiger partial charge in [0.25, 0.3) is 0 Å². The van der Waals surface area contributed by atoms with E-state index in [4.69, 9.17) is 10.5 Å². The highest BCUT2D eigenvalue weighted by Gasteiger charge is 2.10. The summed E-state index contributed by atoms with van der Waals surface area (Å²) in [5, 5.41) is 17.2. The summed E-state index contributed by atoms with van der Waals surface area (Å²) in [5.41, 5.74) is 0.284. The second-order valence-corrected chi connectivity index (χ2v) is 3.56. The molecule has 0 aromatic heterocycles. The van der Waals surface area contributed by atoms with Crippen LogP contribution < -0.4 is 0 Å². The molecule has 68 valence electrons. The Kier molecular flexibility index (Phi) is 4.06. The summed E-state index contributed by atoms with van der Waals surface area (Å²) in [6.45, 7) is 0. The van der Waals surface area contributed by atoms with Crippen LogP contribution in [0.3, 0.4) is 0 Å². The van der Waals surface area contributed by atoms with Crippen molar-refractivity contribution in [1.29, 1.82) is 10.5 Å². The zero-order valence-corrected chi connectivity index (χ0v) is 7.79. The van der Waals surface area contributed by atoms with E-state index in [1.165, 1.54) is 25.7 Å². The average molecular weight is 174 g/mol. The molecule has 0 heterocycles. The molecule has 0 radical (unpaired) electrons. The Labute approximate surface area is 79.5 Å². The largest absolute Gasteiger partial charge is 0.192 e. The molecule has 0 aromatic rings. The van der Waals surface area contributed by atoms with Crippen molar-refractivity contribution in [1.82, 2.24) is 0 Å². The first-order chi connectivity index (χ1) is 6.36. The van der Waals surface area contributed by atoms with Gasteiger partial charge < -0.3 is 0 Å². The van der Waals surface area contributed by atoms with Crippen LogP contribution in [0.4, 0.5) is 0 Å². The molecule has 0 unspecified atom stereocenters. The smallest absolute Gasteiger partial charge is 0.125 e. The average Bonchev–Trinajstić information content (AvgIpc) is 2.42. The quantitative estimate of drug-likeness (QED) is 0.453. The third-order valence-corrected chi connectivity index (χ3v) is 2.54. The molecule has 0 atom stereocenters. The Morgan fingerprint density at radius 1 is 1.00 bits per heavy atom. The summed E-state index contributed by atoms with van der Waals surface area (Å²) >= 11 is 0. The molecule has 2 heteroatoms. The van der Waals surface area contributed by atoms with E-state index in [-0.39, 0.29) is 5.57 Å². The fourth-order valence-electron chi connectivity index (χ4n) is 1.81. The van der Waals surface area contributed by atoms with Gasteiger partial charge in [-0.2, -0.15) is 10.5 Å². The van der Waals surface area contributed by atoms with Gasteiger partial charge in [0.1, 0.15) is 17.7 Å². The second-order valence-electron chi connectivity index (χ2n) is 3.56. The highest BCUT2D eigenvalue weighted by Crippen LogP contribution is 2.24. The lowest BCUT2D eigenvalue weighted by Crippen LogP contribution is -1.94. The normalized spacial score (nSPS) is 18.0. The van der Waals surface area contributed by atoms with Gasteiger partial charge in [-0.1, -0.05) is 31.8 Å². The van der Waals surface area contributed by atoms with Crippen LogP contribution in [0.5, 0.6) is 0 Å². The second kappa shape index (κ2) is 5.38. The van der Waals surface area contributed by atoms with Crippen molar-refractivity contribution < 1.29 is 0 Å². The minimum absolute atomic E-state index is 0.284. The SMILES string of the molecule is N#CC(C#N)=CC1CCCCCC1. The van der Waals surface area contributed by atoms with Gasteiger partial charge >= 0.3 is 0 Å². The maximum Gasteiger partial charge on any atom is 0.125 e. The van der Waals surface area contributed by atoms with E-state index >= 15 is 0 Å². The first kappa shape index (κ1) is 9.81. The van der Waals surface area contributed by atoms with E-state index < -0.39 is 0 Å². The minimum Gasteiger partial charge on any atom is -0.192 e. The van der Waals surface area contributed by atoms with Crippen LogP contribution in [0.1, 0.15) is 38.5 Å². The number of rotatable bonds is 1. The molecular weight excluding hydrogens is 160 g/mol. The van der Waals surface area contributed by atoms with Crippen molar-refractivity contribution in [3.8, 4) is 12.1 Å². The summed E-state index contributed by atoms with van der Waals surface area (Å²) in [6.07, 6.45) is 9.24. The minimum atomic E-state index is 0.284. The first-order valence-electron chi connectivity index (χ1n) is 4.89. The van der Waals surface area contributed by atoms with E-state index in [1.54, 1.807) is 0 Å². The molecule has 2 nitrogen and oxygen atoms in total. The number of nitrogens with zero attached hydrogens (tertiary/aromatic N) is 2. The predicted octanol–water partition coefficient (Wildman–Crippen LogP) is 2.93. The van der Waals surface area contributed by atoms with Gasteiger partial charge in [-0.3, -0.25) is 0 Å². The van der Waals surface area contributed by atoms with E-state index in [0.717, 1.165) is 12.8 Å². The maximum absolute atomic E-state index is 8.59. The molecule has 0 saturated heterocycles. The van der Waals surface area contributed by atoms with E-state index in [9.17, 15) is 0 Å². The Morgan fingerprint density at radius 3 is 2.00 bits per heavy atom. The molecule has 0 spiro atoms. The molecule has 13 heavy (non-hydrogen) atoms. The third-order valence-electron chi connectivity index (χ3n) is 2.54. The van der Waals surface area contributed by atoms with Crippen LogP contribution in [0.25, 0.3) is 0 Å². The van der Waals surface area contributed by atoms with Crippen molar-refractivity contribution in [2.24, 2.45) is 5.92 Å². The van der Waals surface area contributed by atoms with Crippen molar-refractivity contribution >= 4 is 0 Å². The fraction of sp³-hybridized carbons (Fsp3) is 0.636. The van der Waals surface area contributed by atoms with Crippen molar-refractivity contribution in [3.05, 3.63) is 11.6 Å². The first-order valence-corrected chi connectivity index (χ1v) is 4.89. The summed E-state index contributed by atoms with van der Waals surface area (Å²) < 4.78 is 0. The molecule has 0 aromatic carbocycles. The van der Waals surface area contributed by atoms with Crippen molar-refractivity contribution in [3.63, 3.8) is 0 Å². The molecule has 0 aliphatic heterocycles. The van der Waals surface area contributed by atoms with Crippen molar-refractivity contribution in [2.75, 3.05) is 0 Å². The Balaban J connectivity index is 2.56. The van der Waals surface area contributed by atoms with E-state index in [2.05, 4.69) is 0 Å². The fourth-order valence-corrected chi connectivity index (χ4v) is 1.81. The molecule has 0 amide bonds. The summed E-state index contributed by atoms with van der Waals surface area (Å²) in [4.78, 5) is 0.